The third-order valence-corrected chi connectivity index (χ3v) is 8.20. The Labute approximate surface area is 156 Å². The Morgan fingerprint density at radius 1 is 0.583 bits per heavy atom. The van der Waals surface area contributed by atoms with Crippen LogP contribution >= 0.6 is 45.3 Å². The molecule has 0 saturated carbocycles. The zero-order valence-electron chi connectivity index (χ0n) is 13.3. The first kappa shape index (κ1) is 14.8. The summed E-state index contributed by atoms with van der Waals surface area (Å²) in [5.41, 5.74) is 2.85. The topological polar surface area (TPSA) is 0 Å². The van der Waals surface area contributed by atoms with Crippen LogP contribution in [0.1, 0.15) is 9.75 Å². The highest BCUT2D eigenvalue weighted by Crippen LogP contribution is 2.50. The van der Waals surface area contributed by atoms with Gasteiger partial charge in [-0.05, 0) is 61.0 Å². The maximum atomic E-state index is 2.29. The van der Waals surface area contributed by atoms with Crippen molar-refractivity contribution in [3.8, 4) is 20.9 Å². The fourth-order valence-corrected chi connectivity index (χ4v) is 7.19. The van der Waals surface area contributed by atoms with Gasteiger partial charge in [0.1, 0.15) is 0 Å². The van der Waals surface area contributed by atoms with Crippen molar-refractivity contribution < 1.29 is 0 Å². The Hall–Kier alpha value is -1.46. The maximum Gasteiger partial charge on any atom is 0.0442 e. The van der Waals surface area contributed by atoms with E-state index in [1.807, 2.05) is 45.3 Å². The molecular formula is C20H14S4. The number of aryl methyl sites for hydroxylation is 2. The van der Waals surface area contributed by atoms with Crippen LogP contribution < -0.4 is 0 Å². The number of hydrogen-bond donors (Lipinski definition) is 0. The first-order valence-electron chi connectivity index (χ1n) is 7.76. The second-order valence-electron chi connectivity index (χ2n) is 5.90. The van der Waals surface area contributed by atoms with Crippen LogP contribution in [0.2, 0.25) is 0 Å². The fourth-order valence-electron chi connectivity index (χ4n) is 3.26. The molecule has 4 heterocycles. The lowest BCUT2D eigenvalue weighted by molar-refractivity contribution is 1.64. The normalized spacial score (nSPS) is 11.8. The molecule has 0 aliphatic carbocycles. The van der Waals surface area contributed by atoms with Crippen LogP contribution in [0.5, 0.6) is 0 Å². The molecule has 1 aromatic carbocycles. The number of benzene rings is 1. The predicted octanol–water partition coefficient (Wildman–Crippen LogP) is 8.19. The van der Waals surface area contributed by atoms with Crippen LogP contribution in [0.15, 0.2) is 47.2 Å². The Morgan fingerprint density at radius 2 is 1.04 bits per heavy atom. The summed E-state index contributed by atoms with van der Waals surface area (Å²) < 4.78 is 2.84. The van der Waals surface area contributed by atoms with Crippen molar-refractivity contribution >= 4 is 65.5 Å². The SMILES string of the molecule is Cc1ccc(-c2c(-c3ccc(C)s3)c3sccc3c3ccsc23)s1. The smallest absolute Gasteiger partial charge is 0.0442 e. The summed E-state index contributed by atoms with van der Waals surface area (Å²) in [6, 6.07) is 13.6. The van der Waals surface area contributed by atoms with Gasteiger partial charge in [-0.25, -0.2) is 0 Å². The second kappa shape index (κ2) is 5.53. The van der Waals surface area contributed by atoms with E-state index in [-0.39, 0.29) is 0 Å². The summed E-state index contributed by atoms with van der Waals surface area (Å²) in [6.45, 7) is 4.39. The van der Waals surface area contributed by atoms with Gasteiger partial charge in [-0.2, -0.15) is 0 Å². The first-order chi connectivity index (χ1) is 11.7. The van der Waals surface area contributed by atoms with Crippen LogP contribution in [0.3, 0.4) is 0 Å². The molecule has 0 saturated heterocycles. The highest BCUT2D eigenvalue weighted by molar-refractivity contribution is 7.22. The highest BCUT2D eigenvalue weighted by atomic mass is 32.1. The van der Waals surface area contributed by atoms with E-state index in [2.05, 4.69) is 61.0 Å². The van der Waals surface area contributed by atoms with E-state index in [4.69, 9.17) is 0 Å². The van der Waals surface area contributed by atoms with E-state index in [0.29, 0.717) is 0 Å². The van der Waals surface area contributed by atoms with Gasteiger partial charge in [0.15, 0.2) is 0 Å². The summed E-state index contributed by atoms with van der Waals surface area (Å²) >= 11 is 7.54. The maximum absolute atomic E-state index is 2.29. The fraction of sp³-hybridized carbons (Fsp3) is 0.100. The zero-order valence-corrected chi connectivity index (χ0v) is 16.5. The zero-order chi connectivity index (χ0) is 16.3. The van der Waals surface area contributed by atoms with Gasteiger partial charge in [-0.15, -0.1) is 45.3 Å². The van der Waals surface area contributed by atoms with Crippen LogP contribution in [-0.2, 0) is 0 Å². The highest BCUT2D eigenvalue weighted by Gasteiger charge is 2.21. The Morgan fingerprint density at radius 3 is 1.42 bits per heavy atom. The van der Waals surface area contributed by atoms with Crippen molar-refractivity contribution in [2.24, 2.45) is 0 Å². The Balaban J connectivity index is 2.01. The summed E-state index contributed by atoms with van der Waals surface area (Å²) in [6.07, 6.45) is 0. The number of thiophene rings is 4. The van der Waals surface area contributed by atoms with Crippen molar-refractivity contribution in [2.45, 2.75) is 13.8 Å². The van der Waals surface area contributed by atoms with Crippen molar-refractivity contribution in [3.05, 3.63) is 56.9 Å². The standard InChI is InChI=1S/C20H14S4/c1-11-3-5-15(23-11)17-18(16-6-4-12(2)24-16)20-14(8-10-22-20)13-7-9-21-19(13)17/h3-10H,1-2H3. The first-order valence-corrected chi connectivity index (χ1v) is 11.2. The van der Waals surface area contributed by atoms with E-state index in [1.165, 1.54) is 50.8 Å². The van der Waals surface area contributed by atoms with Gasteiger partial charge in [0.05, 0.1) is 0 Å². The molecule has 24 heavy (non-hydrogen) atoms. The van der Waals surface area contributed by atoms with Gasteiger partial charge in [-0.1, -0.05) is 0 Å². The van der Waals surface area contributed by atoms with Crippen molar-refractivity contribution in [3.63, 3.8) is 0 Å². The minimum Gasteiger partial charge on any atom is -0.143 e. The minimum absolute atomic E-state index is 1.37. The molecule has 4 heteroatoms. The summed E-state index contributed by atoms with van der Waals surface area (Å²) in [5.74, 6) is 0. The molecule has 5 rings (SSSR count). The Kier molecular flexibility index (Phi) is 3.42. The molecule has 0 fully saturated rings. The third-order valence-electron chi connectivity index (χ3n) is 4.30. The summed E-state index contributed by atoms with van der Waals surface area (Å²) in [7, 11) is 0. The average molecular weight is 383 g/mol. The molecule has 118 valence electrons. The Bertz CT molecular complexity index is 1090. The molecule has 0 radical (unpaired) electrons. The second-order valence-corrected chi connectivity index (χ2v) is 10.3. The molecule has 5 aromatic rings. The average Bonchev–Trinajstić information content (AvgIpc) is 3.31. The molecule has 4 aromatic heterocycles. The van der Waals surface area contributed by atoms with E-state index in [1.54, 1.807) is 0 Å². The quantitative estimate of drug-likeness (QED) is 0.289. The lowest BCUT2D eigenvalue weighted by Gasteiger charge is -2.11. The van der Waals surface area contributed by atoms with E-state index in [0.717, 1.165) is 0 Å². The molecule has 0 aliphatic heterocycles. The molecule has 0 amide bonds. The third kappa shape index (κ3) is 2.14. The van der Waals surface area contributed by atoms with Crippen molar-refractivity contribution in [1.82, 2.24) is 0 Å². The van der Waals surface area contributed by atoms with Crippen LogP contribution in [-0.4, -0.2) is 0 Å². The minimum atomic E-state index is 1.37. The van der Waals surface area contributed by atoms with Crippen molar-refractivity contribution in [1.29, 1.82) is 0 Å². The molecule has 0 unspecified atom stereocenters. The molecule has 0 aliphatic rings. The molecule has 0 N–H and O–H groups in total. The van der Waals surface area contributed by atoms with Gasteiger partial charge in [0, 0.05) is 50.8 Å². The van der Waals surface area contributed by atoms with Crippen molar-refractivity contribution in [2.75, 3.05) is 0 Å². The number of fused-ring (bicyclic) bond motifs is 3. The molecule has 0 bridgehead atoms. The monoisotopic (exact) mass is 382 g/mol. The van der Waals surface area contributed by atoms with Gasteiger partial charge in [-0.3, -0.25) is 0 Å². The predicted molar refractivity (Wildman–Crippen MR) is 113 cm³/mol. The van der Waals surface area contributed by atoms with Crippen LogP contribution in [0.25, 0.3) is 41.1 Å². The van der Waals surface area contributed by atoms with E-state index in [9.17, 15) is 0 Å². The molecular weight excluding hydrogens is 368 g/mol. The number of hydrogen-bond acceptors (Lipinski definition) is 4. The van der Waals surface area contributed by atoms with Gasteiger partial charge in [0.2, 0.25) is 0 Å². The molecule has 0 atom stereocenters. The number of rotatable bonds is 2. The van der Waals surface area contributed by atoms with Gasteiger partial charge >= 0.3 is 0 Å². The molecule has 0 spiro atoms. The van der Waals surface area contributed by atoms with E-state index < -0.39 is 0 Å². The lowest BCUT2D eigenvalue weighted by Crippen LogP contribution is -1.83. The van der Waals surface area contributed by atoms with Gasteiger partial charge < -0.3 is 0 Å². The molecule has 0 nitrogen and oxygen atoms in total. The summed E-state index contributed by atoms with van der Waals surface area (Å²) in [5, 5.41) is 7.26. The van der Waals surface area contributed by atoms with Crippen LogP contribution in [0, 0.1) is 13.8 Å². The lowest BCUT2D eigenvalue weighted by atomic mass is 9.99. The van der Waals surface area contributed by atoms with E-state index >= 15 is 0 Å². The van der Waals surface area contributed by atoms with Crippen LogP contribution in [0.4, 0.5) is 0 Å². The summed E-state index contributed by atoms with van der Waals surface area (Å²) in [4.78, 5) is 5.51. The van der Waals surface area contributed by atoms with Gasteiger partial charge in [0.25, 0.3) is 0 Å². The largest absolute Gasteiger partial charge is 0.143 e.